The number of rotatable bonds is 8. The third-order valence-electron chi connectivity index (χ3n) is 6.46. The van der Waals surface area contributed by atoms with Gasteiger partial charge < -0.3 is 4.42 Å². The minimum Gasteiger partial charge on any atom is -0.421 e. The van der Waals surface area contributed by atoms with E-state index in [2.05, 4.69) is 46.8 Å². The van der Waals surface area contributed by atoms with Gasteiger partial charge in [0.2, 0.25) is 21.8 Å². The van der Waals surface area contributed by atoms with E-state index in [0.717, 1.165) is 12.0 Å². The number of benzene rings is 1. The van der Waals surface area contributed by atoms with Gasteiger partial charge in [0.25, 0.3) is 0 Å². The van der Waals surface area contributed by atoms with Crippen molar-refractivity contribution in [3.63, 3.8) is 0 Å². The number of sulfonamides is 1. The molecule has 33 heavy (non-hydrogen) atoms. The maximum atomic E-state index is 12.7. The summed E-state index contributed by atoms with van der Waals surface area (Å²) >= 11 is 0. The molecule has 1 N–H and O–H groups in total. The van der Waals surface area contributed by atoms with E-state index < -0.39 is 10.0 Å². The highest BCUT2D eigenvalue weighted by atomic mass is 32.2. The lowest BCUT2D eigenvalue weighted by Gasteiger charge is -2.37. The van der Waals surface area contributed by atoms with Gasteiger partial charge in [-0.15, -0.1) is 10.2 Å². The summed E-state index contributed by atoms with van der Waals surface area (Å²) in [6.45, 7) is 6.89. The fraction of sp³-hybridized carbons (Fsp3) is 0.400. The Labute approximate surface area is 195 Å². The van der Waals surface area contributed by atoms with E-state index in [9.17, 15) is 8.42 Å². The minimum absolute atomic E-state index is 0.134. The molecule has 0 aliphatic heterocycles. The molecule has 7 nitrogen and oxygen atoms in total. The summed E-state index contributed by atoms with van der Waals surface area (Å²) in [5.41, 5.74) is 2.09. The Balaban J connectivity index is 1.46. The van der Waals surface area contributed by atoms with Crippen molar-refractivity contribution in [1.29, 1.82) is 0 Å². The van der Waals surface area contributed by atoms with E-state index in [1.807, 2.05) is 18.2 Å². The average Bonchev–Trinajstić information content (AvgIpc) is 3.29. The van der Waals surface area contributed by atoms with Crippen LogP contribution in [0, 0.1) is 23.7 Å². The van der Waals surface area contributed by atoms with Gasteiger partial charge >= 0.3 is 0 Å². The van der Waals surface area contributed by atoms with E-state index in [-0.39, 0.29) is 11.8 Å². The number of hydrogen-bond donors (Lipinski definition) is 1. The van der Waals surface area contributed by atoms with Crippen LogP contribution in [0.3, 0.4) is 0 Å². The van der Waals surface area contributed by atoms with Crippen LogP contribution < -0.4 is 4.72 Å². The molecule has 0 radical (unpaired) electrons. The second kappa shape index (κ2) is 9.97. The van der Waals surface area contributed by atoms with Crippen LogP contribution in [0.2, 0.25) is 0 Å². The quantitative estimate of drug-likeness (QED) is 0.491. The minimum atomic E-state index is -3.53. The van der Waals surface area contributed by atoms with E-state index >= 15 is 0 Å². The van der Waals surface area contributed by atoms with Crippen molar-refractivity contribution in [3.05, 3.63) is 72.4 Å². The molecule has 0 saturated heterocycles. The van der Waals surface area contributed by atoms with Crippen LogP contribution >= 0.6 is 0 Å². The Bertz CT molecular complexity index is 1190. The molecule has 8 heteroatoms. The number of aromatic nitrogens is 3. The maximum absolute atomic E-state index is 12.7. The standard InChI is InChI=1S/C25H30N4O3S/c1-17(2)23-14-20(15-24-28-29-25(32-24)19-9-11-26-12-10-19)18(3)13-21(23)16-27-33(30,31)22-7-5-4-6-8-22/h4-13,17,20-21,23,27H,14-16H2,1-3H3/t20-,21-,23-/m0/s1. The molecule has 0 amide bonds. The predicted molar refractivity (Wildman–Crippen MR) is 127 cm³/mol. The number of pyridine rings is 1. The molecule has 2 aromatic heterocycles. The zero-order chi connectivity index (χ0) is 23.4. The molecule has 2 heterocycles. The normalized spacial score (nSPS) is 21.2. The van der Waals surface area contributed by atoms with E-state index in [1.54, 1.807) is 36.7 Å². The summed E-state index contributed by atoms with van der Waals surface area (Å²) < 4.78 is 34.1. The van der Waals surface area contributed by atoms with Gasteiger partial charge in [0.1, 0.15) is 0 Å². The Kier molecular flexibility index (Phi) is 7.05. The van der Waals surface area contributed by atoms with Gasteiger partial charge in [-0.1, -0.05) is 43.7 Å². The van der Waals surface area contributed by atoms with Gasteiger partial charge in [-0.3, -0.25) is 4.98 Å². The highest BCUT2D eigenvalue weighted by Crippen LogP contribution is 2.39. The summed E-state index contributed by atoms with van der Waals surface area (Å²) in [7, 11) is -3.53. The molecule has 0 saturated carbocycles. The maximum Gasteiger partial charge on any atom is 0.247 e. The summed E-state index contributed by atoms with van der Waals surface area (Å²) in [5.74, 6) is 2.29. The summed E-state index contributed by atoms with van der Waals surface area (Å²) in [6, 6.07) is 12.2. The Morgan fingerprint density at radius 1 is 1.09 bits per heavy atom. The fourth-order valence-corrected chi connectivity index (χ4v) is 5.65. The molecule has 0 unspecified atom stereocenters. The van der Waals surface area contributed by atoms with Crippen LogP contribution in [0.5, 0.6) is 0 Å². The van der Waals surface area contributed by atoms with E-state index in [4.69, 9.17) is 4.42 Å². The second-order valence-corrected chi connectivity index (χ2v) is 10.8. The molecule has 1 aliphatic rings. The van der Waals surface area contributed by atoms with E-state index in [1.165, 1.54) is 5.57 Å². The first-order chi connectivity index (χ1) is 15.8. The molecule has 1 aliphatic carbocycles. The van der Waals surface area contributed by atoms with Gasteiger partial charge in [-0.25, -0.2) is 13.1 Å². The molecular weight excluding hydrogens is 436 g/mol. The first-order valence-electron chi connectivity index (χ1n) is 11.3. The van der Waals surface area contributed by atoms with Gasteiger partial charge in [0.05, 0.1) is 4.90 Å². The fourth-order valence-electron chi connectivity index (χ4n) is 4.55. The number of hydrogen-bond acceptors (Lipinski definition) is 6. The average molecular weight is 467 g/mol. The molecule has 0 bridgehead atoms. The lowest BCUT2D eigenvalue weighted by Crippen LogP contribution is -2.37. The lowest BCUT2D eigenvalue weighted by atomic mass is 9.70. The van der Waals surface area contributed by atoms with Crippen molar-refractivity contribution < 1.29 is 12.8 Å². The highest BCUT2D eigenvalue weighted by Gasteiger charge is 2.33. The molecule has 3 atom stereocenters. The van der Waals surface area contributed by atoms with Crippen LogP contribution in [0.4, 0.5) is 0 Å². The molecule has 0 fully saturated rings. The lowest BCUT2D eigenvalue weighted by molar-refractivity contribution is 0.223. The summed E-state index contributed by atoms with van der Waals surface area (Å²) in [4.78, 5) is 4.31. The highest BCUT2D eigenvalue weighted by molar-refractivity contribution is 7.89. The molecular formula is C25H30N4O3S. The molecule has 174 valence electrons. The van der Waals surface area contributed by atoms with Crippen LogP contribution in [-0.4, -0.2) is 30.1 Å². The van der Waals surface area contributed by atoms with Crippen LogP contribution in [0.1, 0.15) is 33.1 Å². The molecule has 1 aromatic carbocycles. The summed E-state index contributed by atoms with van der Waals surface area (Å²) in [5, 5.41) is 8.45. The number of nitrogens with one attached hydrogen (secondary N) is 1. The Hall–Kier alpha value is -2.84. The van der Waals surface area contributed by atoms with Crippen molar-refractivity contribution in [1.82, 2.24) is 19.9 Å². The topological polar surface area (TPSA) is 98.0 Å². The SMILES string of the molecule is CC1=C[C@@H](CNS(=O)(=O)c2ccccc2)[C@H](C(C)C)C[C@H]1Cc1nnc(-c2ccncc2)o1. The van der Waals surface area contributed by atoms with Crippen molar-refractivity contribution in [2.75, 3.05) is 6.54 Å². The zero-order valence-corrected chi connectivity index (χ0v) is 20.0. The van der Waals surface area contributed by atoms with Gasteiger partial charge in [0.15, 0.2) is 0 Å². The van der Waals surface area contributed by atoms with Crippen LogP contribution in [-0.2, 0) is 16.4 Å². The second-order valence-electron chi connectivity index (χ2n) is 9.02. The molecule has 3 aromatic rings. The largest absolute Gasteiger partial charge is 0.421 e. The Morgan fingerprint density at radius 3 is 2.52 bits per heavy atom. The van der Waals surface area contributed by atoms with Gasteiger partial charge in [-0.2, -0.15) is 0 Å². The zero-order valence-electron chi connectivity index (χ0n) is 19.2. The van der Waals surface area contributed by atoms with Crippen molar-refractivity contribution in [2.45, 2.75) is 38.5 Å². The smallest absolute Gasteiger partial charge is 0.247 e. The number of nitrogens with zero attached hydrogens (tertiary/aromatic N) is 3. The summed E-state index contributed by atoms with van der Waals surface area (Å²) in [6.07, 6.45) is 7.25. The number of allylic oxidation sites excluding steroid dienone is 1. The first-order valence-corrected chi connectivity index (χ1v) is 12.8. The van der Waals surface area contributed by atoms with Gasteiger partial charge in [0, 0.05) is 30.9 Å². The predicted octanol–water partition coefficient (Wildman–Crippen LogP) is 4.51. The molecule has 0 spiro atoms. The van der Waals surface area contributed by atoms with E-state index in [0.29, 0.717) is 41.5 Å². The van der Waals surface area contributed by atoms with Crippen molar-refractivity contribution in [3.8, 4) is 11.5 Å². The van der Waals surface area contributed by atoms with Crippen LogP contribution in [0.15, 0.2) is 75.8 Å². The van der Waals surface area contributed by atoms with Gasteiger partial charge in [-0.05, 0) is 61.3 Å². The van der Waals surface area contributed by atoms with Crippen molar-refractivity contribution >= 4 is 10.0 Å². The first kappa shape index (κ1) is 23.3. The van der Waals surface area contributed by atoms with Crippen LogP contribution in [0.25, 0.3) is 11.5 Å². The monoisotopic (exact) mass is 466 g/mol. The Morgan fingerprint density at radius 2 is 1.82 bits per heavy atom. The third kappa shape index (κ3) is 5.57. The third-order valence-corrected chi connectivity index (χ3v) is 7.90. The van der Waals surface area contributed by atoms with Crippen molar-refractivity contribution in [2.24, 2.45) is 23.7 Å². The molecule has 4 rings (SSSR count).